The van der Waals surface area contributed by atoms with Crippen molar-refractivity contribution < 1.29 is 13.2 Å². The van der Waals surface area contributed by atoms with E-state index in [1.54, 1.807) is 15.9 Å². The van der Waals surface area contributed by atoms with Crippen LogP contribution in [0.5, 0.6) is 0 Å². The van der Waals surface area contributed by atoms with Crippen molar-refractivity contribution in [1.82, 2.24) is 14.1 Å². The lowest BCUT2D eigenvalue weighted by Gasteiger charge is -2.31. The van der Waals surface area contributed by atoms with Crippen molar-refractivity contribution >= 4 is 27.6 Å². The average molecular weight is 538 g/mol. The molecule has 1 fully saturated rings. The lowest BCUT2D eigenvalue weighted by molar-refractivity contribution is 0.262. The Morgan fingerprint density at radius 3 is 2.21 bits per heavy atom. The van der Waals surface area contributed by atoms with Gasteiger partial charge in [-0.05, 0) is 68.9 Å². The van der Waals surface area contributed by atoms with Crippen LogP contribution >= 0.6 is 0 Å². The number of urea groups is 1. The van der Waals surface area contributed by atoms with Crippen molar-refractivity contribution in [2.24, 2.45) is 5.92 Å². The van der Waals surface area contributed by atoms with Crippen molar-refractivity contribution in [2.75, 3.05) is 29.5 Å². The number of amides is 2. The first kappa shape index (κ1) is 27.9. The van der Waals surface area contributed by atoms with Crippen molar-refractivity contribution in [1.29, 1.82) is 0 Å². The van der Waals surface area contributed by atoms with Crippen molar-refractivity contribution in [3.63, 3.8) is 0 Å². The molecule has 0 spiro atoms. The molecule has 0 bridgehead atoms. The van der Waals surface area contributed by atoms with Gasteiger partial charge in [-0.2, -0.15) is 5.10 Å². The number of aryl methyl sites for hydroxylation is 1. The molecule has 3 aromatic rings. The first-order valence-corrected chi connectivity index (χ1v) is 14.9. The minimum Gasteiger partial charge on any atom is -0.308 e. The lowest BCUT2D eigenvalue weighted by Crippen LogP contribution is -2.39. The molecule has 2 N–H and O–H groups in total. The van der Waals surface area contributed by atoms with Crippen molar-refractivity contribution in [3.05, 3.63) is 71.4 Å². The average Bonchev–Trinajstić information content (AvgIpc) is 3.30. The summed E-state index contributed by atoms with van der Waals surface area (Å²) in [5.41, 5.74) is 4.63. The third kappa shape index (κ3) is 6.82. The van der Waals surface area contributed by atoms with E-state index < -0.39 is 10.0 Å². The quantitative estimate of drug-likeness (QED) is 0.403. The predicted octanol–water partition coefficient (Wildman–Crippen LogP) is 5.73. The molecule has 8 nitrogen and oxygen atoms in total. The number of carbonyl (C=O) groups excluding carboxylic acids is 1. The molecule has 0 atom stereocenters. The predicted molar refractivity (Wildman–Crippen MR) is 154 cm³/mol. The molecule has 204 valence electrons. The van der Waals surface area contributed by atoms with Crippen molar-refractivity contribution in [2.45, 2.75) is 59.3 Å². The maximum absolute atomic E-state index is 12.9. The maximum Gasteiger partial charge on any atom is 0.324 e. The Kier molecular flexibility index (Phi) is 8.28. The smallest absolute Gasteiger partial charge is 0.308 e. The van der Waals surface area contributed by atoms with Gasteiger partial charge in [-0.25, -0.2) is 22.2 Å². The Morgan fingerprint density at radius 1 is 1.00 bits per heavy atom. The zero-order valence-electron chi connectivity index (χ0n) is 23.0. The van der Waals surface area contributed by atoms with Gasteiger partial charge in [0.05, 0.1) is 17.1 Å². The van der Waals surface area contributed by atoms with E-state index in [0.717, 1.165) is 36.2 Å². The molecule has 38 heavy (non-hydrogen) atoms. The van der Waals surface area contributed by atoms with Gasteiger partial charge in [0.1, 0.15) is 5.82 Å². The van der Waals surface area contributed by atoms with Gasteiger partial charge in [0.2, 0.25) is 10.0 Å². The molecule has 0 radical (unpaired) electrons. The summed E-state index contributed by atoms with van der Waals surface area (Å²) < 4.78 is 27.6. The number of rotatable bonds is 7. The largest absolute Gasteiger partial charge is 0.324 e. The Bertz CT molecular complexity index is 1350. The van der Waals surface area contributed by atoms with Crippen LogP contribution in [0.1, 0.15) is 57.4 Å². The lowest BCUT2D eigenvalue weighted by atomic mass is 9.91. The van der Waals surface area contributed by atoms with Gasteiger partial charge in [0.25, 0.3) is 0 Å². The first-order chi connectivity index (χ1) is 17.9. The Morgan fingerprint density at radius 2 is 1.63 bits per heavy atom. The van der Waals surface area contributed by atoms with E-state index in [9.17, 15) is 13.2 Å². The highest BCUT2D eigenvalue weighted by atomic mass is 32.2. The standard InChI is InChI=1S/C29H39N5O3S/c1-6-38(36,37)33-17-15-23(16-18-33)19-22-9-11-24(12-10-22)30-28(35)31-27-20-26(29(3,4)5)32-34(27)25-13-7-21(2)8-14-25/h7-14,20,23H,6,15-19H2,1-5H3,(H2,30,31,35). The van der Waals surface area contributed by atoms with Gasteiger partial charge in [0.15, 0.2) is 0 Å². The second-order valence-electron chi connectivity index (χ2n) is 11.1. The number of sulfonamides is 1. The molecule has 1 aromatic heterocycles. The van der Waals surface area contributed by atoms with E-state index in [0.29, 0.717) is 30.5 Å². The summed E-state index contributed by atoms with van der Waals surface area (Å²) in [6.45, 7) is 11.2. The number of aromatic nitrogens is 2. The third-order valence-corrected chi connectivity index (χ3v) is 8.95. The minimum atomic E-state index is -3.10. The second-order valence-corrected chi connectivity index (χ2v) is 13.4. The second kappa shape index (κ2) is 11.3. The molecule has 1 saturated heterocycles. The molecule has 2 amide bonds. The highest BCUT2D eigenvalue weighted by Gasteiger charge is 2.26. The van der Waals surface area contributed by atoms with Crippen LogP contribution in [0.25, 0.3) is 5.69 Å². The molecule has 2 heterocycles. The van der Waals surface area contributed by atoms with Gasteiger partial charge in [0, 0.05) is 30.3 Å². The Hall–Kier alpha value is -3.17. The van der Waals surface area contributed by atoms with Gasteiger partial charge in [-0.1, -0.05) is 50.6 Å². The van der Waals surface area contributed by atoms with E-state index >= 15 is 0 Å². The van der Waals surface area contributed by atoms with E-state index in [1.165, 1.54) is 5.56 Å². The molecule has 1 aliphatic rings. The molecule has 2 aromatic carbocycles. The summed E-state index contributed by atoms with van der Waals surface area (Å²) in [7, 11) is -3.10. The van der Waals surface area contributed by atoms with Crippen LogP contribution in [0, 0.1) is 12.8 Å². The molecule has 4 rings (SSSR count). The van der Waals surface area contributed by atoms with Crippen LogP contribution in [0.4, 0.5) is 16.3 Å². The van der Waals surface area contributed by atoms with Gasteiger partial charge < -0.3 is 5.32 Å². The van der Waals surface area contributed by atoms with Gasteiger partial charge in [-0.3, -0.25) is 5.32 Å². The third-order valence-electron chi connectivity index (χ3n) is 7.07. The molecular weight excluding hydrogens is 498 g/mol. The minimum absolute atomic E-state index is 0.158. The molecule has 0 aliphatic carbocycles. The normalized spacial score (nSPS) is 15.4. The molecule has 0 saturated carbocycles. The summed E-state index contributed by atoms with van der Waals surface area (Å²) in [6.07, 6.45) is 2.64. The monoisotopic (exact) mass is 537 g/mol. The zero-order valence-corrected chi connectivity index (χ0v) is 23.8. The van der Waals surface area contributed by atoms with Crippen LogP contribution < -0.4 is 10.6 Å². The number of nitrogens with zero attached hydrogens (tertiary/aromatic N) is 3. The summed E-state index contributed by atoms with van der Waals surface area (Å²) in [5, 5.41) is 10.7. The zero-order chi connectivity index (χ0) is 27.5. The summed E-state index contributed by atoms with van der Waals surface area (Å²) in [6, 6.07) is 17.5. The molecular formula is C29H39N5O3S. The fraction of sp³-hybridized carbons (Fsp3) is 0.448. The van der Waals surface area contributed by atoms with Crippen LogP contribution in [0.15, 0.2) is 54.6 Å². The van der Waals surface area contributed by atoms with E-state index in [2.05, 4.69) is 31.4 Å². The fourth-order valence-electron chi connectivity index (χ4n) is 4.63. The summed E-state index contributed by atoms with van der Waals surface area (Å²) in [4.78, 5) is 12.9. The fourth-order valence-corrected chi connectivity index (χ4v) is 5.76. The van der Waals surface area contributed by atoms with Crippen LogP contribution in [0.2, 0.25) is 0 Å². The van der Waals surface area contributed by atoms with Crippen LogP contribution in [0.3, 0.4) is 0 Å². The number of hydrogen-bond acceptors (Lipinski definition) is 4. The van der Waals surface area contributed by atoms with E-state index in [1.807, 2.05) is 61.5 Å². The highest BCUT2D eigenvalue weighted by Crippen LogP contribution is 2.27. The topological polar surface area (TPSA) is 96.3 Å². The van der Waals surface area contributed by atoms with E-state index in [-0.39, 0.29) is 17.2 Å². The van der Waals surface area contributed by atoms with Gasteiger partial charge >= 0.3 is 6.03 Å². The molecule has 1 aliphatic heterocycles. The first-order valence-electron chi connectivity index (χ1n) is 13.3. The number of piperidine rings is 1. The number of anilines is 2. The number of hydrogen-bond donors (Lipinski definition) is 2. The maximum atomic E-state index is 12.9. The summed E-state index contributed by atoms with van der Waals surface area (Å²) >= 11 is 0. The number of carbonyl (C=O) groups is 1. The van der Waals surface area contributed by atoms with Crippen LogP contribution in [-0.2, 0) is 21.9 Å². The Balaban J connectivity index is 1.38. The van der Waals surface area contributed by atoms with Crippen LogP contribution in [-0.4, -0.2) is 47.4 Å². The van der Waals surface area contributed by atoms with E-state index in [4.69, 9.17) is 5.10 Å². The SMILES string of the molecule is CCS(=O)(=O)N1CCC(Cc2ccc(NC(=O)Nc3cc(C(C)(C)C)nn3-c3ccc(C)cc3)cc2)CC1. The highest BCUT2D eigenvalue weighted by molar-refractivity contribution is 7.89. The summed E-state index contributed by atoms with van der Waals surface area (Å²) in [5.74, 6) is 1.22. The molecule has 0 unspecified atom stereocenters. The van der Waals surface area contributed by atoms with Crippen molar-refractivity contribution in [3.8, 4) is 5.69 Å². The Labute approximate surface area is 226 Å². The number of nitrogens with one attached hydrogen (secondary N) is 2. The molecule has 9 heteroatoms. The number of benzene rings is 2. The van der Waals surface area contributed by atoms with Gasteiger partial charge in [-0.15, -0.1) is 0 Å².